The minimum Gasteiger partial charge on any atom is -0.325 e. The number of nitrogens with zero attached hydrogens (tertiary/aromatic N) is 2. The van der Waals surface area contributed by atoms with Gasteiger partial charge in [0.05, 0.1) is 5.52 Å². The lowest BCUT2D eigenvalue weighted by Gasteiger charge is -2.03. The first-order chi connectivity index (χ1) is 6.24. The molecule has 0 amide bonds. The van der Waals surface area contributed by atoms with Crippen molar-refractivity contribution < 1.29 is 0 Å². The van der Waals surface area contributed by atoms with Crippen molar-refractivity contribution in [1.29, 1.82) is 0 Å². The maximum Gasteiger partial charge on any atom is 0.155 e. The van der Waals surface area contributed by atoms with E-state index in [0.29, 0.717) is 11.7 Å². The molecule has 2 N–H and O–H groups in total. The molecular weight excluding hydrogens is 186 g/mol. The molecule has 0 spiro atoms. The molecule has 0 bridgehead atoms. The van der Waals surface area contributed by atoms with Crippen molar-refractivity contribution in [2.45, 2.75) is 13.5 Å². The van der Waals surface area contributed by atoms with Crippen molar-refractivity contribution in [3.63, 3.8) is 0 Å². The maximum atomic E-state index is 5.93. The van der Waals surface area contributed by atoms with Gasteiger partial charge in [-0.3, -0.25) is 4.40 Å². The fourth-order valence-electron chi connectivity index (χ4n) is 1.51. The Labute approximate surface area is 81.1 Å². The zero-order valence-corrected chi connectivity index (χ0v) is 8.04. The lowest BCUT2D eigenvalue weighted by Crippen LogP contribution is -2.04. The number of rotatable bonds is 1. The summed E-state index contributed by atoms with van der Waals surface area (Å²) in [5, 5.41) is 0.535. The summed E-state index contributed by atoms with van der Waals surface area (Å²) >= 11 is 5.93. The second kappa shape index (κ2) is 3.01. The number of aryl methyl sites for hydroxylation is 1. The largest absolute Gasteiger partial charge is 0.325 e. The fraction of sp³-hybridized carbons (Fsp3) is 0.222. The molecular formula is C9H10ClN3. The SMILES string of the molecule is Cc1nc(Cl)c2cccc(CN)n12. The number of imidazole rings is 1. The Kier molecular flexibility index (Phi) is 1.98. The molecule has 0 aliphatic carbocycles. The van der Waals surface area contributed by atoms with Gasteiger partial charge in [0.25, 0.3) is 0 Å². The summed E-state index contributed by atoms with van der Waals surface area (Å²) in [5.41, 5.74) is 7.54. The number of fused-ring (bicyclic) bond motifs is 1. The molecule has 0 saturated heterocycles. The third kappa shape index (κ3) is 1.20. The van der Waals surface area contributed by atoms with E-state index in [0.717, 1.165) is 17.0 Å². The molecule has 68 valence electrons. The van der Waals surface area contributed by atoms with Gasteiger partial charge >= 0.3 is 0 Å². The highest BCUT2D eigenvalue weighted by Gasteiger charge is 2.07. The van der Waals surface area contributed by atoms with Crippen LogP contribution in [0.1, 0.15) is 11.5 Å². The van der Waals surface area contributed by atoms with Crippen LogP contribution in [0.3, 0.4) is 0 Å². The van der Waals surface area contributed by atoms with Crippen molar-refractivity contribution in [2.75, 3.05) is 0 Å². The van der Waals surface area contributed by atoms with Gasteiger partial charge in [-0.2, -0.15) is 0 Å². The van der Waals surface area contributed by atoms with E-state index in [1.54, 1.807) is 0 Å². The van der Waals surface area contributed by atoms with Crippen LogP contribution in [0.15, 0.2) is 18.2 Å². The van der Waals surface area contributed by atoms with E-state index in [4.69, 9.17) is 17.3 Å². The van der Waals surface area contributed by atoms with Crippen LogP contribution >= 0.6 is 11.6 Å². The first kappa shape index (κ1) is 8.53. The fourth-order valence-corrected chi connectivity index (χ4v) is 1.78. The van der Waals surface area contributed by atoms with Gasteiger partial charge in [0.2, 0.25) is 0 Å². The van der Waals surface area contributed by atoms with Crippen molar-refractivity contribution in [3.05, 3.63) is 34.9 Å². The topological polar surface area (TPSA) is 43.3 Å². The number of halogens is 1. The van der Waals surface area contributed by atoms with Gasteiger partial charge in [0.15, 0.2) is 5.15 Å². The summed E-state index contributed by atoms with van der Waals surface area (Å²) in [5.74, 6) is 0.876. The zero-order chi connectivity index (χ0) is 9.42. The molecule has 4 heteroatoms. The molecule has 0 unspecified atom stereocenters. The monoisotopic (exact) mass is 195 g/mol. The number of pyridine rings is 1. The Balaban J connectivity index is 2.88. The number of hydrogen-bond acceptors (Lipinski definition) is 2. The van der Waals surface area contributed by atoms with E-state index < -0.39 is 0 Å². The van der Waals surface area contributed by atoms with Crippen LogP contribution in [0, 0.1) is 6.92 Å². The van der Waals surface area contributed by atoms with Gasteiger partial charge in [0.1, 0.15) is 5.82 Å². The molecule has 0 fully saturated rings. The van der Waals surface area contributed by atoms with Gasteiger partial charge < -0.3 is 5.73 Å². The Hall–Kier alpha value is -1.06. The van der Waals surface area contributed by atoms with Crippen molar-refractivity contribution in [3.8, 4) is 0 Å². The Morgan fingerprint density at radius 3 is 3.00 bits per heavy atom. The van der Waals surface area contributed by atoms with Crippen molar-refractivity contribution in [1.82, 2.24) is 9.38 Å². The second-order valence-corrected chi connectivity index (χ2v) is 3.25. The molecule has 0 atom stereocenters. The third-order valence-corrected chi connectivity index (χ3v) is 2.35. The summed E-state index contributed by atoms with van der Waals surface area (Å²) in [4.78, 5) is 4.17. The predicted molar refractivity (Wildman–Crippen MR) is 52.8 cm³/mol. The summed E-state index contributed by atoms with van der Waals surface area (Å²) in [7, 11) is 0. The van der Waals surface area contributed by atoms with E-state index in [2.05, 4.69) is 4.98 Å². The number of hydrogen-bond donors (Lipinski definition) is 1. The first-order valence-electron chi connectivity index (χ1n) is 4.06. The van der Waals surface area contributed by atoms with Gasteiger partial charge in [-0.15, -0.1) is 0 Å². The average molecular weight is 196 g/mol. The molecule has 13 heavy (non-hydrogen) atoms. The number of nitrogens with two attached hydrogens (primary N) is 1. The van der Waals surface area contributed by atoms with Crippen LogP contribution in [0.2, 0.25) is 5.15 Å². The quantitative estimate of drug-likeness (QED) is 0.754. The van der Waals surface area contributed by atoms with Crippen LogP contribution in [0.5, 0.6) is 0 Å². The van der Waals surface area contributed by atoms with Crippen LogP contribution < -0.4 is 5.73 Å². The van der Waals surface area contributed by atoms with E-state index in [1.807, 2.05) is 29.5 Å². The summed E-state index contributed by atoms with van der Waals surface area (Å²) in [6.45, 7) is 2.41. The Bertz CT molecular complexity index is 447. The maximum absolute atomic E-state index is 5.93. The minimum absolute atomic E-state index is 0.491. The standard InChI is InChI=1S/C9H10ClN3/c1-6-12-9(10)8-4-2-3-7(5-11)13(6)8/h2-4H,5,11H2,1H3. The summed E-state index contributed by atoms with van der Waals surface area (Å²) in [6.07, 6.45) is 0. The summed E-state index contributed by atoms with van der Waals surface area (Å²) in [6, 6.07) is 5.84. The van der Waals surface area contributed by atoms with E-state index in [-0.39, 0.29) is 0 Å². The Morgan fingerprint density at radius 2 is 2.31 bits per heavy atom. The average Bonchev–Trinajstić information content (AvgIpc) is 2.43. The van der Waals surface area contributed by atoms with Gasteiger partial charge in [0, 0.05) is 12.2 Å². The second-order valence-electron chi connectivity index (χ2n) is 2.89. The van der Waals surface area contributed by atoms with E-state index in [1.165, 1.54) is 0 Å². The lowest BCUT2D eigenvalue weighted by molar-refractivity contribution is 0.907. The van der Waals surface area contributed by atoms with Gasteiger partial charge in [-0.25, -0.2) is 4.98 Å². The molecule has 2 aromatic rings. The summed E-state index contributed by atoms with van der Waals surface area (Å²) < 4.78 is 1.97. The van der Waals surface area contributed by atoms with Gasteiger partial charge in [-0.05, 0) is 19.1 Å². The van der Waals surface area contributed by atoms with Crippen LogP contribution in [-0.2, 0) is 6.54 Å². The van der Waals surface area contributed by atoms with Gasteiger partial charge in [-0.1, -0.05) is 17.7 Å². The van der Waals surface area contributed by atoms with Crippen LogP contribution in [-0.4, -0.2) is 9.38 Å². The molecule has 2 heterocycles. The molecule has 2 rings (SSSR count). The minimum atomic E-state index is 0.491. The highest BCUT2D eigenvalue weighted by atomic mass is 35.5. The first-order valence-corrected chi connectivity index (χ1v) is 4.44. The molecule has 0 saturated carbocycles. The molecule has 2 aromatic heterocycles. The molecule has 3 nitrogen and oxygen atoms in total. The highest BCUT2D eigenvalue weighted by molar-refractivity contribution is 6.32. The van der Waals surface area contributed by atoms with Crippen LogP contribution in [0.4, 0.5) is 0 Å². The van der Waals surface area contributed by atoms with E-state index >= 15 is 0 Å². The highest BCUT2D eigenvalue weighted by Crippen LogP contribution is 2.19. The van der Waals surface area contributed by atoms with Crippen molar-refractivity contribution >= 4 is 17.1 Å². The molecule has 0 aromatic carbocycles. The molecule has 0 aliphatic heterocycles. The van der Waals surface area contributed by atoms with Crippen molar-refractivity contribution in [2.24, 2.45) is 5.73 Å². The zero-order valence-electron chi connectivity index (χ0n) is 7.29. The molecule has 0 radical (unpaired) electrons. The third-order valence-electron chi connectivity index (χ3n) is 2.07. The van der Waals surface area contributed by atoms with E-state index in [9.17, 15) is 0 Å². The Morgan fingerprint density at radius 1 is 1.54 bits per heavy atom. The van der Waals surface area contributed by atoms with Crippen LogP contribution in [0.25, 0.3) is 5.52 Å². The smallest absolute Gasteiger partial charge is 0.155 e. The normalized spacial score (nSPS) is 11.0. The number of aromatic nitrogens is 2. The molecule has 0 aliphatic rings. The predicted octanol–water partition coefficient (Wildman–Crippen LogP) is 1.75. The lowest BCUT2D eigenvalue weighted by atomic mass is 10.3.